The first-order valence-electron chi connectivity index (χ1n) is 9.61. The fourth-order valence-electron chi connectivity index (χ4n) is 3.17. The van der Waals surface area contributed by atoms with Crippen molar-refractivity contribution in [3.8, 4) is 0 Å². The number of halogens is 3. The summed E-state index contributed by atoms with van der Waals surface area (Å²) in [4.78, 5) is 41.6. The number of carbonyl (C=O) groups excluding carboxylic acids is 3. The lowest BCUT2D eigenvalue weighted by molar-refractivity contribution is 0.0290. The van der Waals surface area contributed by atoms with Crippen molar-refractivity contribution in [1.82, 2.24) is 15.2 Å². The van der Waals surface area contributed by atoms with Gasteiger partial charge in [0.05, 0.1) is 15.6 Å². The van der Waals surface area contributed by atoms with E-state index in [2.05, 4.69) is 10.3 Å². The summed E-state index contributed by atoms with van der Waals surface area (Å²) in [5, 5.41) is 2.51. The molecule has 2 N–H and O–H groups in total. The van der Waals surface area contributed by atoms with Gasteiger partial charge < -0.3 is 19.9 Å². The fraction of sp³-hybridized carbons (Fsp3) is 0.381. The summed E-state index contributed by atoms with van der Waals surface area (Å²) >= 11 is 11.7. The maximum absolute atomic E-state index is 14.3. The molecule has 1 atom stereocenters. The van der Waals surface area contributed by atoms with Gasteiger partial charge in [0, 0.05) is 30.9 Å². The highest BCUT2D eigenvalue weighted by atomic mass is 35.5. The molecule has 3 rings (SSSR count). The van der Waals surface area contributed by atoms with E-state index in [-0.39, 0.29) is 32.9 Å². The van der Waals surface area contributed by atoms with E-state index in [1.807, 2.05) is 0 Å². The van der Waals surface area contributed by atoms with Gasteiger partial charge in [-0.15, -0.1) is 0 Å². The van der Waals surface area contributed by atoms with Gasteiger partial charge in [-0.3, -0.25) is 9.59 Å². The quantitative estimate of drug-likeness (QED) is 0.511. The third-order valence-corrected chi connectivity index (χ3v) is 5.24. The predicted octanol–water partition coefficient (Wildman–Crippen LogP) is 4.43. The molecule has 1 aromatic carbocycles. The van der Waals surface area contributed by atoms with Crippen LogP contribution in [0.5, 0.6) is 0 Å². The molecule has 2 heterocycles. The Morgan fingerprint density at radius 1 is 1.23 bits per heavy atom. The Labute approximate surface area is 188 Å². The SMILES string of the molecule is CC(C)(C)OC(=O)N1CC[C@H](NC(=O)c2cc(C(=O)c3c(Cl)ccc(Cl)c3F)c[nH]2)C1. The largest absolute Gasteiger partial charge is 0.444 e. The minimum atomic E-state index is -0.917. The number of amides is 2. The van der Waals surface area contributed by atoms with Gasteiger partial charge in [-0.25, -0.2) is 9.18 Å². The molecule has 0 spiro atoms. The van der Waals surface area contributed by atoms with E-state index >= 15 is 0 Å². The number of aromatic amines is 1. The lowest BCUT2D eigenvalue weighted by atomic mass is 10.0. The van der Waals surface area contributed by atoms with Crippen molar-refractivity contribution in [2.75, 3.05) is 13.1 Å². The number of benzene rings is 1. The van der Waals surface area contributed by atoms with Crippen LogP contribution in [0.15, 0.2) is 24.4 Å². The molecule has 1 aliphatic heterocycles. The number of carbonyl (C=O) groups is 3. The number of likely N-dealkylation sites (tertiary alicyclic amines) is 1. The summed E-state index contributed by atoms with van der Waals surface area (Å²) in [6.07, 6.45) is 1.44. The molecule has 1 saturated heterocycles. The highest BCUT2D eigenvalue weighted by Gasteiger charge is 2.31. The second-order valence-corrected chi connectivity index (χ2v) is 9.05. The molecule has 0 radical (unpaired) electrons. The van der Waals surface area contributed by atoms with Crippen LogP contribution in [-0.4, -0.2) is 52.4 Å². The zero-order chi connectivity index (χ0) is 22.9. The van der Waals surface area contributed by atoms with Crippen molar-refractivity contribution in [3.05, 3.63) is 57.1 Å². The highest BCUT2D eigenvalue weighted by Crippen LogP contribution is 2.28. The number of H-pyrrole nitrogens is 1. The number of ether oxygens (including phenoxy) is 1. The van der Waals surface area contributed by atoms with Gasteiger partial charge in [0.25, 0.3) is 5.91 Å². The van der Waals surface area contributed by atoms with Crippen LogP contribution in [0, 0.1) is 5.82 Å². The molecular formula is C21H22Cl2FN3O4. The van der Waals surface area contributed by atoms with E-state index in [1.165, 1.54) is 29.3 Å². The van der Waals surface area contributed by atoms with Crippen LogP contribution < -0.4 is 5.32 Å². The molecule has 2 amide bonds. The number of nitrogens with one attached hydrogen (secondary N) is 2. The minimum Gasteiger partial charge on any atom is -0.444 e. The summed E-state index contributed by atoms with van der Waals surface area (Å²) < 4.78 is 19.6. The van der Waals surface area contributed by atoms with Gasteiger partial charge in [0.2, 0.25) is 0 Å². The van der Waals surface area contributed by atoms with Gasteiger partial charge in [0.1, 0.15) is 11.3 Å². The van der Waals surface area contributed by atoms with Crippen LogP contribution in [0.4, 0.5) is 9.18 Å². The zero-order valence-electron chi connectivity index (χ0n) is 17.2. The summed E-state index contributed by atoms with van der Waals surface area (Å²) in [6.45, 7) is 6.13. The van der Waals surface area contributed by atoms with Crippen LogP contribution in [0.25, 0.3) is 0 Å². The molecule has 0 bridgehead atoms. The van der Waals surface area contributed by atoms with Gasteiger partial charge >= 0.3 is 6.09 Å². The molecule has 2 aromatic rings. The Balaban J connectivity index is 1.65. The van der Waals surface area contributed by atoms with Crippen LogP contribution in [0.3, 0.4) is 0 Å². The van der Waals surface area contributed by atoms with Gasteiger partial charge in [-0.1, -0.05) is 23.2 Å². The highest BCUT2D eigenvalue weighted by molar-refractivity contribution is 6.37. The number of ketones is 1. The summed E-state index contributed by atoms with van der Waals surface area (Å²) in [5.41, 5.74) is -0.770. The van der Waals surface area contributed by atoms with Crippen molar-refractivity contribution < 1.29 is 23.5 Å². The number of hydrogen-bond donors (Lipinski definition) is 2. The van der Waals surface area contributed by atoms with Crippen molar-refractivity contribution in [3.63, 3.8) is 0 Å². The number of rotatable bonds is 4. The second kappa shape index (κ2) is 8.88. The third kappa shape index (κ3) is 5.37. The Hall–Kier alpha value is -2.58. The van der Waals surface area contributed by atoms with Gasteiger partial charge in [0.15, 0.2) is 11.6 Å². The van der Waals surface area contributed by atoms with Crippen molar-refractivity contribution in [2.45, 2.75) is 38.8 Å². The van der Waals surface area contributed by atoms with Crippen LogP contribution >= 0.6 is 23.2 Å². The zero-order valence-corrected chi connectivity index (χ0v) is 18.7. The molecule has 0 saturated carbocycles. The fourth-order valence-corrected chi connectivity index (χ4v) is 3.56. The summed E-state index contributed by atoms with van der Waals surface area (Å²) in [7, 11) is 0. The molecule has 1 aromatic heterocycles. The summed E-state index contributed by atoms with van der Waals surface area (Å²) in [5.74, 6) is -2.07. The first-order chi connectivity index (χ1) is 14.5. The van der Waals surface area contributed by atoms with Crippen LogP contribution in [0.2, 0.25) is 10.0 Å². The Morgan fingerprint density at radius 2 is 1.90 bits per heavy atom. The maximum atomic E-state index is 14.3. The van der Waals surface area contributed by atoms with Gasteiger partial charge in [-0.2, -0.15) is 0 Å². The summed E-state index contributed by atoms with van der Waals surface area (Å²) in [6, 6.07) is 3.64. The van der Waals surface area contributed by atoms with Crippen molar-refractivity contribution in [2.24, 2.45) is 0 Å². The molecule has 31 heavy (non-hydrogen) atoms. The maximum Gasteiger partial charge on any atom is 0.410 e. The van der Waals surface area contributed by atoms with E-state index in [0.717, 1.165) is 0 Å². The average Bonchev–Trinajstić information content (AvgIpc) is 3.33. The molecule has 0 aliphatic carbocycles. The van der Waals surface area contributed by atoms with Crippen molar-refractivity contribution in [1.29, 1.82) is 0 Å². The molecule has 0 unspecified atom stereocenters. The normalized spacial score (nSPS) is 16.3. The first kappa shape index (κ1) is 23.1. The van der Waals surface area contributed by atoms with Crippen molar-refractivity contribution >= 4 is 41.0 Å². The standard InChI is InChI=1S/C21H22Cl2FN3O4/c1-21(2,3)31-20(30)27-7-6-12(10-27)26-19(29)15-8-11(9-25-15)18(28)16-13(22)4-5-14(23)17(16)24/h4-5,8-9,12,25H,6-7,10H2,1-3H3,(H,26,29)/t12-/m0/s1. The van der Waals surface area contributed by atoms with Crippen LogP contribution in [0.1, 0.15) is 53.6 Å². The monoisotopic (exact) mass is 469 g/mol. The number of hydrogen-bond acceptors (Lipinski definition) is 4. The third-order valence-electron chi connectivity index (χ3n) is 4.64. The second-order valence-electron chi connectivity index (χ2n) is 8.23. The lowest BCUT2D eigenvalue weighted by Crippen LogP contribution is -2.40. The first-order valence-corrected chi connectivity index (χ1v) is 10.4. The van der Waals surface area contributed by atoms with Gasteiger partial charge in [-0.05, 0) is 45.4 Å². The predicted molar refractivity (Wildman–Crippen MR) is 114 cm³/mol. The van der Waals surface area contributed by atoms with E-state index in [4.69, 9.17) is 27.9 Å². The Morgan fingerprint density at radius 3 is 2.58 bits per heavy atom. The molecule has 166 valence electrons. The molecular weight excluding hydrogens is 448 g/mol. The van der Waals surface area contributed by atoms with E-state index in [9.17, 15) is 18.8 Å². The smallest absolute Gasteiger partial charge is 0.410 e. The lowest BCUT2D eigenvalue weighted by Gasteiger charge is -2.24. The Kier molecular flexibility index (Phi) is 6.62. The van der Waals surface area contributed by atoms with E-state index in [1.54, 1.807) is 20.8 Å². The van der Waals surface area contributed by atoms with E-state index in [0.29, 0.717) is 19.5 Å². The molecule has 1 aliphatic rings. The molecule has 7 nitrogen and oxygen atoms in total. The van der Waals surface area contributed by atoms with E-state index < -0.39 is 29.2 Å². The minimum absolute atomic E-state index is 0.0648. The Bertz CT molecular complexity index is 1030. The van der Waals surface area contributed by atoms with Crippen LogP contribution in [-0.2, 0) is 4.74 Å². The number of nitrogens with zero attached hydrogens (tertiary/aromatic N) is 1. The molecule has 10 heteroatoms. The topological polar surface area (TPSA) is 91.5 Å². The number of aromatic nitrogens is 1. The average molecular weight is 470 g/mol. The molecule has 1 fully saturated rings.